The summed E-state index contributed by atoms with van der Waals surface area (Å²) in [7, 11) is 0. The third kappa shape index (κ3) is 2.98. The summed E-state index contributed by atoms with van der Waals surface area (Å²) in [6.45, 7) is 1.40. The molecular weight excluding hydrogens is 246 g/mol. The lowest BCUT2D eigenvalue weighted by Crippen LogP contribution is -2.38. The van der Waals surface area contributed by atoms with E-state index in [-0.39, 0.29) is 0 Å². The molecule has 0 aliphatic carbocycles. The van der Waals surface area contributed by atoms with Crippen molar-refractivity contribution in [2.45, 2.75) is 13.0 Å². The quantitative estimate of drug-likeness (QED) is 0.860. The standard InChI is InChI=1S/C13H13N3O3/c1-9(13(18)19)15-12(17)10-7-14-16(8-10)11-5-3-2-4-6-11/h2-9H,1H3,(H,15,17)(H,18,19)/t9-/m0/s1. The minimum atomic E-state index is -1.08. The molecule has 6 nitrogen and oxygen atoms in total. The largest absolute Gasteiger partial charge is 0.480 e. The Morgan fingerprint density at radius 3 is 2.63 bits per heavy atom. The number of carboxylic acids is 1. The van der Waals surface area contributed by atoms with Gasteiger partial charge in [-0.2, -0.15) is 5.10 Å². The summed E-state index contributed by atoms with van der Waals surface area (Å²) < 4.78 is 1.56. The van der Waals surface area contributed by atoms with Gasteiger partial charge in [-0.1, -0.05) is 18.2 Å². The highest BCUT2D eigenvalue weighted by molar-refractivity contribution is 5.96. The fourth-order valence-electron chi connectivity index (χ4n) is 1.50. The number of amides is 1. The van der Waals surface area contributed by atoms with Crippen molar-refractivity contribution < 1.29 is 14.7 Å². The van der Waals surface area contributed by atoms with Gasteiger partial charge in [0.15, 0.2) is 0 Å². The summed E-state index contributed by atoms with van der Waals surface area (Å²) in [5.74, 6) is -1.54. The third-order valence-electron chi connectivity index (χ3n) is 2.58. The van der Waals surface area contributed by atoms with Crippen molar-refractivity contribution in [3.63, 3.8) is 0 Å². The van der Waals surface area contributed by atoms with E-state index in [1.54, 1.807) is 10.9 Å². The lowest BCUT2D eigenvalue weighted by atomic mass is 10.3. The summed E-state index contributed by atoms with van der Waals surface area (Å²) in [6, 6.07) is 8.39. The van der Waals surface area contributed by atoms with Gasteiger partial charge < -0.3 is 10.4 Å². The van der Waals surface area contributed by atoms with Crippen LogP contribution in [0.1, 0.15) is 17.3 Å². The minimum absolute atomic E-state index is 0.317. The predicted molar refractivity (Wildman–Crippen MR) is 68.1 cm³/mol. The molecule has 0 radical (unpaired) electrons. The highest BCUT2D eigenvalue weighted by Gasteiger charge is 2.16. The molecular formula is C13H13N3O3. The molecule has 1 atom stereocenters. The summed E-state index contributed by atoms with van der Waals surface area (Å²) in [5.41, 5.74) is 1.14. The smallest absolute Gasteiger partial charge is 0.325 e. The fourth-order valence-corrected chi connectivity index (χ4v) is 1.50. The Balaban J connectivity index is 2.13. The topological polar surface area (TPSA) is 84.2 Å². The fraction of sp³-hybridized carbons (Fsp3) is 0.154. The second kappa shape index (κ2) is 5.34. The van der Waals surface area contributed by atoms with Gasteiger partial charge >= 0.3 is 5.97 Å². The number of carbonyl (C=O) groups excluding carboxylic acids is 1. The van der Waals surface area contributed by atoms with Crippen LogP contribution in [-0.4, -0.2) is 32.8 Å². The van der Waals surface area contributed by atoms with Gasteiger partial charge in [0.2, 0.25) is 0 Å². The first-order chi connectivity index (χ1) is 9.08. The van der Waals surface area contributed by atoms with Crippen molar-refractivity contribution in [1.29, 1.82) is 0 Å². The third-order valence-corrected chi connectivity index (χ3v) is 2.58. The van der Waals surface area contributed by atoms with Crippen LogP contribution in [0, 0.1) is 0 Å². The molecule has 19 heavy (non-hydrogen) atoms. The Morgan fingerprint density at radius 2 is 2.00 bits per heavy atom. The SMILES string of the molecule is C[C@H](NC(=O)c1cnn(-c2ccccc2)c1)C(=O)O. The molecule has 1 aromatic heterocycles. The van der Waals surface area contributed by atoms with Crippen LogP contribution in [0.2, 0.25) is 0 Å². The molecule has 0 spiro atoms. The van der Waals surface area contributed by atoms with Gasteiger partial charge in [0.05, 0.1) is 17.4 Å². The monoisotopic (exact) mass is 259 g/mol. The molecule has 2 N–H and O–H groups in total. The molecule has 1 aromatic carbocycles. The average molecular weight is 259 g/mol. The van der Waals surface area contributed by atoms with E-state index < -0.39 is 17.9 Å². The van der Waals surface area contributed by atoms with Crippen LogP contribution in [-0.2, 0) is 4.79 Å². The van der Waals surface area contributed by atoms with E-state index in [2.05, 4.69) is 10.4 Å². The van der Waals surface area contributed by atoms with Gasteiger partial charge in [-0.3, -0.25) is 9.59 Å². The Bertz CT molecular complexity index is 592. The van der Waals surface area contributed by atoms with Gasteiger partial charge in [0, 0.05) is 6.20 Å². The second-order valence-electron chi connectivity index (χ2n) is 4.04. The highest BCUT2D eigenvalue weighted by atomic mass is 16.4. The predicted octanol–water partition coefficient (Wildman–Crippen LogP) is 1.08. The summed E-state index contributed by atoms with van der Waals surface area (Å²) in [4.78, 5) is 22.4. The van der Waals surface area contributed by atoms with Gasteiger partial charge in [-0.15, -0.1) is 0 Å². The first-order valence-electron chi connectivity index (χ1n) is 5.71. The van der Waals surface area contributed by atoms with E-state index >= 15 is 0 Å². The maximum Gasteiger partial charge on any atom is 0.325 e. The normalized spacial score (nSPS) is 11.8. The number of aliphatic carboxylic acids is 1. The van der Waals surface area contributed by atoms with E-state index in [0.29, 0.717) is 5.56 Å². The van der Waals surface area contributed by atoms with Crippen molar-refractivity contribution in [2.75, 3.05) is 0 Å². The molecule has 0 bridgehead atoms. The van der Waals surface area contributed by atoms with Crippen LogP contribution in [0.3, 0.4) is 0 Å². The molecule has 1 amide bonds. The maximum absolute atomic E-state index is 11.8. The molecule has 0 fully saturated rings. The number of hydrogen-bond donors (Lipinski definition) is 2. The summed E-state index contributed by atoms with van der Waals surface area (Å²) in [5, 5.41) is 15.2. The Kier molecular flexibility index (Phi) is 3.61. The lowest BCUT2D eigenvalue weighted by Gasteiger charge is -2.07. The lowest BCUT2D eigenvalue weighted by molar-refractivity contribution is -0.138. The molecule has 0 unspecified atom stereocenters. The highest BCUT2D eigenvalue weighted by Crippen LogP contribution is 2.07. The van der Waals surface area contributed by atoms with E-state index in [9.17, 15) is 9.59 Å². The minimum Gasteiger partial charge on any atom is -0.480 e. The zero-order valence-electron chi connectivity index (χ0n) is 10.3. The van der Waals surface area contributed by atoms with Gasteiger partial charge in [0.25, 0.3) is 5.91 Å². The van der Waals surface area contributed by atoms with E-state index in [4.69, 9.17) is 5.11 Å². The molecule has 0 saturated carbocycles. The number of aromatic nitrogens is 2. The van der Waals surface area contributed by atoms with E-state index in [0.717, 1.165) is 5.69 Å². The molecule has 2 aromatic rings. The van der Waals surface area contributed by atoms with Gasteiger partial charge in [0.1, 0.15) is 6.04 Å². The number of carbonyl (C=O) groups is 2. The number of benzene rings is 1. The molecule has 0 aliphatic heterocycles. The Labute approximate surface area is 109 Å². The van der Waals surface area contributed by atoms with E-state index in [1.807, 2.05) is 30.3 Å². The average Bonchev–Trinajstić information content (AvgIpc) is 2.89. The van der Waals surface area contributed by atoms with Crippen LogP contribution in [0.5, 0.6) is 0 Å². The van der Waals surface area contributed by atoms with Crippen LogP contribution in [0.25, 0.3) is 5.69 Å². The number of para-hydroxylation sites is 1. The number of hydrogen-bond acceptors (Lipinski definition) is 3. The first kappa shape index (κ1) is 12.8. The zero-order valence-corrected chi connectivity index (χ0v) is 10.3. The van der Waals surface area contributed by atoms with Crippen LogP contribution < -0.4 is 5.32 Å². The van der Waals surface area contributed by atoms with Crippen LogP contribution >= 0.6 is 0 Å². The maximum atomic E-state index is 11.8. The zero-order chi connectivity index (χ0) is 13.8. The van der Waals surface area contributed by atoms with Crippen molar-refractivity contribution in [1.82, 2.24) is 15.1 Å². The number of carboxylic acid groups (broad SMARTS) is 1. The van der Waals surface area contributed by atoms with Crippen molar-refractivity contribution in [3.05, 3.63) is 48.3 Å². The Morgan fingerprint density at radius 1 is 1.32 bits per heavy atom. The van der Waals surface area contributed by atoms with Crippen LogP contribution in [0.4, 0.5) is 0 Å². The molecule has 1 heterocycles. The number of nitrogens with one attached hydrogen (secondary N) is 1. The molecule has 6 heteroatoms. The van der Waals surface area contributed by atoms with Crippen LogP contribution in [0.15, 0.2) is 42.7 Å². The molecule has 0 aliphatic rings. The first-order valence-corrected chi connectivity index (χ1v) is 5.71. The number of nitrogens with zero attached hydrogens (tertiary/aromatic N) is 2. The summed E-state index contributed by atoms with van der Waals surface area (Å²) in [6.07, 6.45) is 2.95. The Hall–Kier alpha value is -2.63. The van der Waals surface area contributed by atoms with Crippen molar-refractivity contribution in [3.8, 4) is 5.69 Å². The summed E-state index contributed by atoms with van der Waals surface area (Å²) >= 11 is 0. The molecule has 0 saturated heterocycles. The van der Waals surface area contributed by atoms with Crippen molar-refractivity contribution in [2.24, 2.45) is 0 Å². The van der Waals surface area contributed by atoms with Crippen molar-refractivity contribution >= 4 is 11.9 Å². The second-order valence-corrected chi connectivity index (χ2v) is 4.04. The molecule has 2 rings (SSSR count). The van der Waals surface area contributed by atoms with Gasteiger partial charge in [-0.05, 0) is 19.1 Å². The number of rotatable bonds is 4. The van der Waals surface area contributed by atoms with Gasteiger partial charge in [-0.25, -0.2) is 4.68 Å². The molecule has 98 valence electrons. The van der Waals surface area contributed by atoms with E-state index in [1.165, 1.54) is 13.1 Å².